The van der Waals surface area contributed by atoms with Crippen molar-refractivity contribution in [3.8, 4) is 29.0 Å². The standard InChI is InChI=1S/C17H22N2O5/c1-10(11-8-13(21-2)16(20)14(9-11)22-3)18-12-6-7-15(23-4)19-17(12)24-5/h6-10,18,20H,1-5H3. The molecule has 1 heterocycles. The zero-order valence-corrected chi connectivity index (χ0v) is 14.4. The molecule has 0 spiro atoms. The summed E-state index contributed by atoms with van der Waals surface area (Å²) in [5, 5.41) is 13.3. The van der Waals surface area contributed by atoms with E-state index in [1.807, 2.05) is 13.0 Å². The molecular weight excluding hydrogens is 312 g/mol. The first kappa shape index (κ1) is 17.5. The molecule has 0 aliphatic rings. The number of phenols is 1. The molecule has 2 N–H and O–H groups in total. The summed E-state index contributed by atoms with van der Waals surface area (Å²) in [4.78, 5) is 4.24. The maximum atomic E-state index is 10.0. The lowest BCUT2D eigenvalue weighted by Crippen LogP contribution is -2.09. The zero-order chi connectivity index (χ0) is 17.7. The Hall–Kier alpha value is -2.83. The molecule has 0 bridgehead atoms. The van der Waals surface area contributed by atoms with Crippen LogP contribution in [0.4, 0.5) is 5.69 Å². The molecule has 0 fully saturated rings. The highest BCUT2D eigenvalue weighted by atomic mass is 16.5. The molecule has 7 heteroatoms. The predicted octanol–water partition coefficient (Wildman–Crippen LogP) is 2.99. The third-order valence-corrected chi connectivity index (χ3v) is 3.61. The summed E-state index contributed by atoms with van der Waals surface area (Å²) >= 11 is 0. The molecule has 0 aliphatic carbocycles. The fourth-order valence-electron chi connectivity index (χ4n) is 2.28. The molecule has 0 radical (unpaired) electrons. The highest BCUT2D eigenvalue weighted by Gasteiger charge is 2.16. The lowest BCUT2D eigenvalue weighted by Gasteiger charge is -2.19. The molecule has 0 saturated carbocycles. The van der Waals surface area contributed by atoms with Crippen LogP contribution in [0, 0.1) is 0 Å². The monoisotopic (exact) mass is 334 g/mol. The number of hydrogen-bond donors (Lipinski definition) is 2. The van der Waals surface area contributed by atoms with E-state index in [2.05, 4.69) is 10.3 Å². The molecule has 2 rings (SSSR count). The molecule has 24 heavy (non-hydrogen) atoms. The van der Waals surface area contributed by atoms with Gasteiger partial charge in [-0.1, -0.05) is 0 Å². The van der Waals surface area contributed by atoms with Crippen molar-refractivity contribution in [2.75, 3.05) is 33.8 Å². The first-order chi connectivity index (χ1) is 11.5. The van der Waals surface area contributed by atoms with Gasteiger partial charge in [0.15, 0.2) is 11.5 Å². The molecule has 2 aromatic rings. The van der Waals surface area contributed by atoms with Crippen molar-refractivity contribution in [1.29, 1.82) is 0 Å². The molecule has 1 atom stereocenters. The highest BCUT2D eigenvalue weighted by molar-refractivity contribution is 5.58. The van der Waals surface area contributed by atoms with Gasteiger partial charge >= 0.3 is 0 Å². The van der Waals surface area contributed by atoms with E-state index in [-0.39, 0.29) is 11.8 Å². The van der Waals surface area contributed by atoms with Gasteiger partial charge in [0.2, 0.25) is 17.5 Å². The number of methoxy groups -OCH3 is 4. The van der Waals surface area contributed by atoms with Gasteiger partial charge in [-0.2, -0.15) is 4.98 Å². The molecular formula is C17H22N2O5. The van der Waals surface area contributed by atoms with Gasteiger partial charge in [-0.15, -0.1) is 0 Å². The number of anilines is 1. The van der Waals surface area contributed by atoms with Gasteiger partial charge in [0.25, 0.3) is 0 Å². The third-order valence-electron chi connectivity index (χ3n) is 3.61. The van der Waals surface area contributed by atoms with E-state index < -0.39 is 0 Å². The number of aromatic hydroxyl groups is 1. The quantitative estimate of drug-likeness (QED) is 0.805. The molecule has 1 unspecified atom stereocenters. The third kappa shape index (κ3) is 3.56. The first-order valence-electron chi connectivity index (χ1n) is 7.34. The van der Waals surface area contributed by atoms with Crippen LogP contribution < -0.4 is 24.3 Å². The molecule has 0 amide bonds. The average Bonchev–Trinajstić information content (AvgIpc) is 2.62. The Kier molecular flexibility index (Phi) is 5.57. The van der Waals surface area contributed by atoms with Crippen molar-refractivity contribution in [1.82, 2.24) is 4.98 Å². The Morgan fingerprint density at radius 2 is 1.58 bits per heavy atom. The van der Waals surface area contributed by atoms with Crippen LogP contribution in [0.5, 0.6) is 29.0 Å². The lowest BCUT2D eigenvalue weighted by atomic mass is 10.1. The number of nitrogens with zero attached hydrogens (tertiary/aromatic N) is 1. The first-order valence-corrected chi connectivity index (χ1v) is 7.34. The number of ether oxygens (including phenoxy) is 4. The van der Waals surface area contributed by atoms with Crippen LogP contribution in [0.3, 0.4) is 0 Å². The summed E-state index contributed by atoms with van der Waals surface area (Å²) in [7, 11) is 6.08. The number of benzene rings is 1. The summed E-state index contributed by atoms with van der Waals surface area (Å²) < 4.78 is 20.8. The van der Waals surface area contributed by atoms with E-state index in [0.29, 0.717) is 23.3 Å². The normalized spacial score (nSPS) is 11.5. The Morgan fingerprint density at radius 1 is 0.958 bits per heavy atom. The van der Waals surface area contributed by atoms with Crippen molar-refractivity contribution in [3.05, 3.63) is 29.8 Å². The van der Waals surface area contributed by atoms with Crippen LogP contribution in [-0.4, -0.2) is 38.5 Å². The van der Waals surface area contributed by atoms with Crippen molar-refractivity contribution in [3.63, 3.8) is 0 Å². The van der Waals surface area contributed by atoms with Gasteiger partial charge in [0.05, 0.1) is 34.1 Å². The van der Waals surface area contributed by atoms with Crippen LogP contribution in [0.15, 0.2) is 24.3 Å². The zero-order valence-electron chi connectivity index (χ0n) is 14.4. The highest BCUT2D eigenvalue weighted by Crippen LogP contribution is 2.39. The largest absolute Gasteiger partial charge is 0.502 e. The van der Waals surface area contributed by atoms with Gasteiger partial charge < -0.3 is 29.4 Å². The Labute approximate surface area is 141 Å². The second-order valence-electron chi connectivity index (χ2n) is 5.05. The fraction of sp³-hybridized carbons (Fsp3) is 0.353. The summed E-state index contributed by atoms with van der Waals surface area (Å²) in [6.45, 7) is 1.97. The predicted molar refractivity (Wildman–Crippen MR) is 90.6 cm³/mol. The number of rotatable bonds is 7. The maximum Gasteiger partial charge on any atom is 0.240 e. The summed E-state index contributed by atoms with van der Waals surface area (Å²) in [6, 6.07) is 6.96. The second-order valence-corrected chi connectivity index (χ2v) is 5.05. The van der Waals surface area contributed by atoms with Crippen LogP contribution in [-0.2, 0) is 0 Å². The van der Waals surface area contributed by atoms with Crippen molar-refractivity contribution in [2.45, 2.75) is 13.0 Å². The Bertz CT molecular complexity index is 680. The van der Waals surface area contributed by atoms with Gasteiger partial charge in [0, 0.05) is 12.1 Å². The minimum Gasteiger partial charge on any atom is -0.502 e. The molecule has 7 nitrogen and oxygen atoms in total. The number of aromatic nitrogens is 1. The van der Waals surface area contributed by atoms with Crippen LogP contribution in [0.1, 0.15) is 18.5 Å². The minimum absolute atomic E-state index is 0.0281. The molecule has 0 aliphatic heterocycles. The van der Waals surface area contributed by atoms with Crippen LogP contribution >= 0.6 is 0 Å². The number of pyridine rings is 1. The molecule has 1 aromatic heterocycles. The fourth-order valence-corrected chi connectivity index (χ4v) is 2.28. The van der Waals surface area contributed by atoms with Crippen molar-refractivity contribution in [2.24, 2.45) is 0 Å². The Morgan fingerprint density at radius 3 is 2.08 bits per heavy atom. The van der Waals surface area contributed by atoms with E-state index in [1.54, 1.807) is 32.4 Å². The van der Waals surface area contributed by atoms with Crippen LogP contribution in [0.2, 0.25) is 0 Å². The average molecular weight is 334 g/mol. The molecule has 0 saturated heterocycles. The van der Waals surface area contributed by atoms with E-state index >= 15 is 0 Å². The van der Waals surface area contributed by atoms with Crippen LogP contribution in [0.25, 0.3) is 0 Å². The molecule has 1 aromatic carbocycles. The number of phenolic OH excluding ortho intramolecular Hbond substituents is 1. The number of nitrogens with one attached hydrogen (secondary N) is 1. The van der Waals surface area contributed by atoms with Crippen molar-refractivity contribution >= 4 is 5.69 Å². The second kappa shape index (κ2) is 7.63. The minimum atomic E-state index is -0.113. The van der Waals surface area contributed by atoms with Gasteiger partial charge in [-0.3, -0.25) is 0 Å². The lowest BCUT2D eigenvalue weighted by molar-refractivity contribution is 0.339. The van der Waals surface area contributed by atoms with Gasteiger partial charge in [-0.25, -0.2) is 0 Å². The smallest absolute Gasteiger partial charge is 0.240 e. The van der Waals surface area contributed by atoms with E-state index in [4.69, 9.17) is 18.9 Å². The topological polar surface area (TPSA) is 82.1 Å². The van der Waals surface area contributed by atoms with E-state index in [0.717, 1.165) is 11.3 Å². The Balaban J connectivity index is 2.31. The van der Waals surface area contributed by atoms with Gasteiger partial charge in [-0.05, 0) is 30.7 Å². The van der Waals surface area contributed by atoms with E-state index in [9.17, 15) is 5.11 Å². The molecule has 130 valence electrons. The summed E-state index contributed by atoms with van der Waals surface area (Å²) in [5.74, 6) is 1.56. The maximum absolute atomic E-state index is 10.0. The summed E-state index contributed by atoms with van der Waals surface area (Å²) in [6.07, 6.45) is 0. The van der Waals surface area contributed by atoms with Gasteiger partial charge in [0.1, 0.15) is 0 Å². The SMILES string of the molecule is COc1ccc(NC(C)c2cc(OC)c(O)c(OC)c2)c(OC)n1. The number of hydrogen-bond acceptors (Lipinski definition) is 7. The summed E-state index contributed by atoms with van der Waals surface area (Å²) in [5.41, 5.74) is 1.59. The van der Waals surface area contributed by atoms with E-state index in [1.165, 1.54) is 14.2 Å². The van der Waals surface area contributed by atoms with Crippen molar-refractivity contribution < 1.29 is 24.1 Å².